The SMILES string of the molecule is COC(=O)C(=CC(=O)O)CC(F)(F)F. The topological polar surface area (TPSA) is 63.6 Å². The molecule has 1 N–H and O–H groups in total. The van der Waals surface area contributed by atoms with E-state index in [1.165, 1.54) is 0 Å². The van der Waals surface area contributed by atoms with Crippen LogP contribution in [-0.2, 0) is 14.3 Å². The highest BCUT2D eigenvalue weighted by Crippen LogP contribution is 2.24. The van der Waals surface area contributed by atoms with Gasteiger partial charge in [0, 0.05) is 6.08 Å². The Kier molecular flexibility index (Phi) is 4.13. The summed E-state index contributed by atoms with van der Waals surface area (Å²) in [5, 5.41) is 8.17. The van der Waals surface area contributed by atoms with Gasteiger partial charge in [0.25, 0.3) is 0 Å². The quantitative estimate of drug-likeness (QED) is 0.562. The van der Waals surface area contributed by atoms with Gasteiger partial charge in [-0.3, -0.25) is 0 Å². The molecule has 14 heavy (non-hydrogen) atoms. The third-order valence-electron chi connectivity index (χ3n) is 1.14. The number of carboxylic acid groups (broad SMARTS) is 1. The zero-order chi connectivity index (χ0) is 11.4. The van der Waals surface area contributed by atoms with Crippen LogP contribution < -0.4 is 0 Å². The van der Waals surface area contributed by atoms with E-state index in [0.717, 1.165) is 7.11 Å². The minimum Gasteiger partial charge on any atom is -0.478 e. The normalized spacial score (nSPS) is 12.4. The van der Waals surface area contributed by atoms with E-state index in [1.807, 2.05) is 0 Å². The third-order valence-corrected chi connectivity index (χ3v) is 1.14. The van der Waals surface area contributed by atoms with Crippen LogP contribution in [0.15, 0.2) is 11.6 Å². The Morgan fingerprint density at radius 1 is 1.43 bits per heavy atom. The van der Waals surface area contributed by atoms with Crippen LogP contribution in [0.4, 0.5) is 13.2 Å². The van der Waals surface area contributed by atoms with Crippen molar-refractivity contribution in [3.63, 3.8) is 0 Å². The van der Waals surface area contributed by atoms with E-state index in [0.29, 0.717) is 0 Å². The first kappa shape index (κ1) is 12.5. The second kappa shape index (κ2) is 4.64. The van der Waals surface area contributed by atoms with Gasteiger partial charge in [0.15, 0.2) is 0 Å². The molecular weight excluding hydrogens is 205 g/mol. The number of carboxylic acids is 1. The lowest BCUT2D eigenvalue weighted by Crippen LogP contribution is -2.16. The molecule has 0 saturated carbocycles. The van der Waals surface area contributed by atoms with Gasteiger partial charge in [-0.05, 0) is 0 Å². The lowest BCUT2D eigenvalue weighted by Gasteiger charge is -2.07. The number of alkyl halides is 3. The monoisotopic (exact) mass is 212 g/mol. The van der Waals surface area contributed by atoms with Crippen LogP contribution >= 0.6 is 0 Å². The Labute approximate surface area is 77.0 Å². The van der Waals surface area contributed by atoms with Gasteiger partial charge in [0.1, 0.15) is 0 Å². The maximum Gasteiger partial charge on any atom is 0.393 e. The van der Waals surface area contributed by atoms with Crippen LogP contribution in [0.3, 0.4) is 0 Å². The number of carbonyl (C=O) groups is 2. The van der Waals surface area contributed by atoms with Crippen LogP contribution in [-0.4, -0.2) is 30.3 Å². The van der Waals surface area contributed by atoms with Crippen molar-refractivity contribution in [1.29, 1.82) is 0 Å². The largest absolute Gasteiger partial charge is 0.478 e. The van der Waals surface area contributed by atoms with Gasteiger partial charge in [-0.1, -0.05) is 0 Å². The average molecular weight is 212 g/mol. The summed E-state index contributed by atoms with van der Waals surface area (Å²) < 4.78 is 39.4. The van der Waals surface area contributed by atoms with Crippen LogP contribution in [0.5, 0.6) is 0 Å². The Hall–Kier alpha value is -1.53. The molecule has 0 aromatic heterocycles. The molecule has 0 unspecified atom stereocenters. The van der Waals surface area contributed by atoms with Gasteiger partial charge < -0.3 is 9.84 Å². The highest BCUT2D eigenvalue weighted by molar-refractivity contribution is 5.95. The van der Waals surface area contributed by atoms with Crippen molar-refractivity contribution in [1.82, 2.24) is 0 Å². The number of halogens is 3. The minimum atomic E-state index is -4.64. The van der Waals surface area contributed by atoms with Crippen molar-refractivity contribution in [3.05, 3.63) is 11.6 Å². The molecule has 0 aliphatic heterocycles. The van der Waals surface area contributed by atoms with E-state index in [2.05, 4.69) is 4.74 Å². The number of aliphatic carboxylic acids is 1. The first-order valence-corrected chi connectivity index (χ1v) is 3.35. The Morgan fingerprint density at radius 2 is 1.93 bits per heavy atom. The number of esters is 1. The molecule has 7 heteroatoms. The smallest absolute Gasteiger partial charge is 0.393 e. The number of ether oxygens (including phenoxy) is 1. The second-order valence-corrected chi connectivity index (χ2v) is 2.29. The van der Waals surface area contributed by atoms with E-state index < -0.39 is 30.1 Å². The second-order valence-electron chi connectivity index (χ2n) is 2.29. The molecule has 0 heterocycles. The minimum absolute atomic E-state index is 0.180. The molecule has 0 aromatic carbocycles. The Balaban J connectivity index is 4.75. The molecule has 0 aliphatic rings. The fraction of sp³-hybridized carbons (Fsp3) is 0.429. The summed E-state index contributed by atoms with van der Waals surface area (Å²) in [7, 11) is 0.869. The zero-order valence-electron chi connectivity index (χ0n) is 7.09. The molecular formula is C7H7F3O4. The Bertz CT molecular complexity index is 267. The lowest BCUT2D eigenvalue weighted by molar-refractivity contribution is -0.146. The van der Waals surface area contributed by atoms with E-state index >= 15 is 0 Å². The first-order chi connectivity index (χ1) is 6.26. The average Bonchev–Trinajstić information content (AvgIpc) is 1.98. The Morgan fingerprint density at radius 3 is 2.21 bits per heavy atom. The van der Waals surface area contributed by atoms with Crippen molar-refractivity contribution >= 4 is 11.9 Å². The van der Waals surface area contributed by atoms with Gasteiger partial charge in [-0.25, -0.2) is 9.59 Å². The van der Waals surface area contributed by atoms with Crippen LogP contribution in [0.25, 0.3) is 0 Å². The number of rotatable bonds is 3. The van der Waals surface area contributed by atoms with E-state index in [9.17, 15) is 22.8 Å². The van der Waals surface area contributed by atoms with Crippen LogP contribution in [0.1, 0.15) is 6.42 Å². The molecule has 0 saturated heterocycles. The number of hydrogen-bond acceptors (Lipinski definition) is 3. The maximum atomic E-state index is 11.8. The summed E-state index contributed by atoms with van der Waals surface area (Å²) >= 11 is 0. The first-order valence-electron chi connectivity index (χ1n) is 3.35. The van der Waals surface area contributed by atoms with Gasteiger partial charge in [0.2, 0.25) is 0 Å². The van der Waals surface area contributed by atoms with Gasteiger partial charge >= 0.3 is 18.1 Å². The molecule has 0 aromatic rings. The standard InChI is InChI=1S/C7H7F3O4/c1-14-6(13)4(2-5(11)12)3-7(8,9)10/h2H,3H2,1H3,(H,11,12). The predicted octanol–water partition coefficient (Wildman–Crippen LogP) is 1.12. The molecule has 0 aliphatic carbocycles. The summed E-state index contributed by atoms with van der Waals surface area (Å²) in [6.07, 6.45) is -6.08. The molecule has 0 radical (unpaired) electrons. The summed E-state index contributed by atoms with van der Waals surface area (Å²) in [5.74, 6) is -2.93. The fourth-order valence-electron chi connectivity index (χ4n) is 0.678. The van der Waals surface area contributed by atoms with Crippen molar-refractivity contribution < 1.29 is 32.6 Å². The van der Waals surface area contributed by atoms with Crippen LogP contribution in [0.2, 0.25) is 0 Å². The molecule has 4 nitrogen and oxygen atoms in total. The van der Waals surface area contributed by atoms with Crippen LogP contribution in [0, 0.1) is 0 Å². The zero-order valence-corrected chi connectivity index (χ0v) is 7.09. The molecule has 0 spiro atoms. The summed E-state index contributed by atoms with van der Waals surface area (Å²) in [6, 6.07) is 0. The lowest BCUT2D eigenvalue weighted by atomic mass is 10.1. The fourth-order valence-corrected chi connectivity index (χ4v) is 0.678. The molecule has 0 rings (SSSR count). The number of hydrogen-bond donors (Lipinski definition) is 1. The molecule has 0 amide bonds. The molecule has 80 valence electrons. The third kappa shape index (κ3) is 5.18. The predicted molar refractivity (Wildman–Crippen MR) is 38.4 cm³/mol. The summed E-state index contributed by atoms with van der Waals surface area (Å²) in [6.45, 7) is 0. The molecule has 0 atom stereocenters. The molecule has 0 fully saturated rings. The van der Waals surface area contributed by atoms with Gasteiger partial charge in [0.05, 0.1) is 19.1 Å². The summed E-state index contributed by atoms with van der Waals surface area (Å²) in [4.78, 5) is 20.7. The number of carbonyl (C=O) groups excluding carboxylic acids is 1. The molecule has 0 bridgehead atoms. The van der Waals surface area contributed by atoms with E-state index in [-0.39, 0.29) is 6.08 Å². The maximum absolute atomic E-state index is 11.8. The number of methoxy groups -OCH3 is 1. The van der Waals surface area contributed by atoms with Gasteiger partial charge in [-0.15, -0.1) is 0 Å². The van der Waals surface area contributed by atoms with E-state index in [4.69, 9.17) is 5.11 Å². The summed E-state index contributed by atoms with van der Waals surface area (Å²) in [5.41, 5.74) is -0.937. The van der Waals surface area contributed by atoms with Crippen molar-refractivity contribution in [2.75, 3.05) is 7.11 Å². The highest BCUT2D eigenvalue weighted by atomic mass is 19.4. The van der Waals surface area contributed by atoms with Crippen molar-refractivity contribution in [2.45, 2.75) is 12.6 Å². The van der Waals surface area contributed by atoms with E-state index in [1.54, 1.807) is 0 Å². The van der Waals surface area contributed by atoms with Crippen molar-refractivity contribution in [3.8, 4) is 0 Å². The highest BCUT2D eigenvalue weighted by Gasteiger charge is 2.32. The van der Waals surface area contributed by atoms with Gasteiger partial charge in [-0.2, -0.15) is 13.2 Å². The van der Waals surface area contributed by atoms with Crippen molar-refractivity contribution in [2.24, 2.45) is 0 Å².